The number of carbonyl (C=O) groups is 3. The zero-order valence-corrected chi connectivity index (χ0v) is 12.8. The molecule has 2 amide bonds. The molecule has 0 aromatic carbocycles. The fourth-order valence-electron chi connectivity index (χ4n) is 3.32. The first-order valence-corrected chi connectivity index (χ1v) is 7.86. The number of carboxylic acids is 1. The minimum atomic E-state index is -0.857. The van der Waals surface area contributed by atoms with Gasteiger partial charge in [0.1, 0.15) is 5.76 Å². The lowest BCUT2D eigenvalue weighted by molar-refractivity contribution is -0.146. The van der Waals surface area contributed by atoms with Gasteiger partial charge in [0.25, 0.3) is 0 Å². The van der Waals surface area contributed by atoms with E-state index in [2.05, 4.69) is 0 Å². The van der Waals surface area contributed by atoms with Crippen LogP contribution in [-0.4, -0.2) is 52.3 Å². The molecule has 2 aliphatic rings. The molecule has 0 saturated carbocycles. The number of furan rings is 1. The summed E-state index contributed by atoms with van der Waals surface area (Å²) in [5.41, 5.74) is 0. The molecule has 7 heteroatoms. The van der Waals surface area contributed by atoms with E-state index in [1.807, 2.05) is 0 Å². The molecule has 124 valence electrons. The topological polar surface area (TPSA) is 91.1 Å². The van der Waals surface area contributed by atoms with E-state index < -0.39 is 11.9 Å². The highest BCUT2D eigenvalue weighted by Crippen LogP contribution is 2.25. The van der Waals surface area contributed by atoms with Crippen molar-refractivity contribution in [2.45, 2.75) is 25.8 Å². The summed E-state index contributed by atoms with van der Waals surface area (Å²) < 4.78 is 5.24. The number of likely N-dealkylation sites (tertiary alicyclic amines) is 2. The molecule has 2 fully saturated rings. The summed E-state index contributed by atoms with van der Waals surface area (Å²) in [4.78, 5) is 39.0. The van der Waals surface area contributed by atoms with Gasteiger partial charge < -0.3 is 19.3 Å². The van der Waals surface area contributed by atoms with Crippen molar-refractivity contribution in [1.29, 1.82) is 0 Å². The molecule has 23 heavy (non-hydrogen) atoms. The van der Waals surface area contributed by atoms with Gasteiger partial charge in [-0.3, -0.25) is 14.4 Å². The van der Waals surface area contributed by atoms with Crippen molar-refractivity contribution in [3.05, 3.63) is 24.2 Å². The molecule has 1 unspecified atom stereocenters. The van der Waals surface area contributed by atoms with Gasteiger partial charge in [0.05, 0.1) is 24.6 Å². The van der Waals surface area contributed by atoms with E-state index >= 15 is 0 Å². The SMILES string of the molecule is O=C(O)[C@H]1CCCN(C(=O)C2CC(=O)N(Cc3ccco3)C2)C1. The highest BCUT2D eigenvalue weighted by Gasteiger charge is 2.38. The lowest BCUT2D eigenvalue weighted by Gasteiger charge is -2.32. The molecule has 1 aromatic rings. The number of hydrogen-bond donors (Lipinski definition) is 1. The summed E-state index contributed by atoms with van der Waals surface area (Å²) in [7, 11) is 0. The molecule has 3 heterocycles. The maximum Gasteiger partial charge on any atom is 0.308 e. The number of rotatable bonds is 4. The Morgan fingerprint density at radius 1 is 1.30 bits per heavy atom. The number of nitrogens with zero attached hydrogens (tertiary/aromatic N) is 2. The van der Waals surface area contributed by atoms with Gasteiger partial charge >= 0.3 is 5.97 Å². The Balaban J connectivity index is 1.60. The first-order valence-electron chi connectivity index (χ1n) is 7.86. The fourth-order valence-corrected chi connectivity index (χ4v) is 3.32. The monoisotopic (exact) mass is 320 g/mol. The van der Waals surface area contributed by atoms with Crippen molar-refractivity contribution in [2.75, 3.05) is 19.6 Å². The number of carboxylic acid groups (broad SMARTS) is 1. The molecule has 7 nitrogen and oxygen atoms in total. The summed E-state index contributed by atoms with van der Waals surface area (Å²) in [5, 5.41) is 9.12. The maximum atomic E-state index is 12.6. The van der Waals surface area contributed by atoms with E-state index in [9.17, 15) is 14.4 Å². The van der Waals surface area contributed by atoms with Gasteiger partial charge in [-0.05, 0) is 25.0 Å². The minimum absolute atomic E-state index is 0.0634. The van der Waals surface area contributed by atoms with Crippen LogP contribution in [0.4, 0.5) is 0 Å². The van der Waals surface area contributed by atoms with Crippen LogP contribution in [0.15, 0.2) is 22.8 Å². The predicted molar refractivity (Wildman–Crippen MR) is 79.2 cm³/mol. The predicted octanol–water partition coefficient (Wildman–Crippen LogP) is 0.951. The zero-order chi connectivity index (χ0) is 16.4. The average Bonchev–Trinajstić information content (AvgIpc) is 3.17. The Morgan fingerprint density at radius 3 is 2.83 bits per heavy atom. The number of carbonyl (C=O) groups excluding carboxylic acids is 2. The molecule has 0 aliphatic carbocycles. The lowest BCUT2D eigenvalue weighted by atomic mass is 9.96. The Labute approximate surface area is 133 Å². The average molecular weight is 320 g/mol. The van der Waals surface area contributed by atoms with Crippen LogP contribution in [0.1, 0.15) is 25.0 Å². The molecule has 0 bridgehead atoms. The van der Waals surface area contributed by atoms with Gasteiger partial charge in [0, 0.05) is 26.1 Å². The van der Waals surface area contributed by atoms with Crippen LogP contribution in [0.5, 0.6) is 0 Å². The third-order valence-electron chi connectivity index (χ3n) is 4.57. The Bertz CT molecular complexity index is 598. The van der Waals surface area contributed by atoms with Gasteiger partial charge in [-0.15, -0.1) is 0 Å². The van der Waals surface area contributed by atoms with E-state index in [1.165, 1.54) is 0 Å². The number of aliphatic carboxylic acids is 1. The molecule has 1 N–H and O–H groups in total. The van der Waals surface area contributed by atoms with E-state index in [0.717, 1.165) is 0 Å². The summed E-state index contributed by atoms with van der Waals surface area (Å²) in [6, 6.07) is 3.56. The highest BCUT2D eigenvalue weighted by atomic mass is 16.4. The summed E-state index contributed by atoms with van der Waals surface area (Å²) in [6.07, 6.45) is 3.04. The summed E-state index contributed by atoms with van der Waals surface area (Å²) in [6.45, 7) is 1.56. The first-order chi connectivity index (χ1) is 11.0. The largest absolute Gasteiger partial charge is 0.481 e. The molecule has 1 aromatic heterocycles. The zero-order valence-electron chi connectivity index (χ0n) is 12.8. The maximum absolute atomic E-state index is 12.6. The Kier molecular flexibility index (Phi) is 4.36. The van der Waals surface area contributed by atoms with E-state index in [0.29, 0.717) is 38.2 Å². The number of hydrogen-bond acceptors (Lipinski definition) is 4. The summed E-state index contributed by atoms with van der Waals surface area (Å²) in [5.74, 6) is -1.22. The van der Waals surface area contributed by atoms with Crippen LogP contribution in [0, 0.1) is 11.8 Å². The van der Waals surface area contributed by atoms with Gasteiger partial charge in [-0.2, -0.15) is 0 Å². The van der Waals surface area contributed by atoms with Crippen molar-refractivity contribution in [3.8, 4) is 0 Å². The van der Waals surface area contributed by atoms with Crippen LogP contribution >= 0.6 is 0 Å². The number of piperidine rings is 1. The quantitative estimate of drug-likeness (QED) is 0.892. The summed E-state index contributed by atoms with van der Waals surface area (Å²) >= 11 is 0. The molecular formula is C16H20N2O5. The van der Waals surface area contributed by atoms with Crippen LogP contribution in [0.3, 0.4) is 0 Å². The normalized spacial score (nSPS) is 25.0. The molecule has 2 atom stereocenters. The van der Waals surface area contributed by atoms with Gasteiger partial charge in [0.15, 0.2) is 0 Å². The Hall–Kier alpha value is -2.31. The van der Waals surface area contributed by atoms with E-state index in [-0.39, 0.29) is 30.7 Å². The second-order valence-electron chi connectivity index (χ2n) is 6.22. The second kappa shape index (κ2) is 6.44. The fraction of sp³-hybridized carbons (Fsp3) is 0.562. The van der Waals surface area contributed by atoms with Crippen LogP contribution in [0.2, 0.25) is 0 Å². The molecular weight excluding hydrogens is 300 g/mol. The molecule has 3 rings (SSSR count). The van der Waals surface area contributed by atoms with Crippen molar-refractivity contribution in [1.82, 2.24) is 9.80 Å². The molecule has 0 radical (unpaired) electrons. The van der Waals surface area contributed by atoms with Crippen LogP contribution in [-0.2, 0) is 20.9 Å². The van der Waals surface area contributed by atoms with E-state index in [4.69, 9.17) is 9.52 Å². The minimum Gasteiger partial charge on any atom is -0.481 e. The molecule has 2 saturated heterocycles. The number of amides is 2. The van der Waals surface area contributed by atoms with E-state index in [1.54, 1.807) is 28.2 Å². The second-order valence-corrected chi connectivity index (χ2v) is 6.22. The van der Waals surface area contributed by atoms with Crippen LogP contribution < -0.4 is 0 Å². The van der Waals surface area contributed by atoms with Gasteiger partial charge in [-0.25, -0.2) is 0 Å². The Morgan fingerprint density at radius 2 is 2.13 bits per heavy atom. The van der Waals surface area contributed by atoms with Crippen LogP contribution in [0.25, 0.3) is 0 Å². The van der Waals surface area contributed by atoms with Gasteiger partial charge in [0.2, 0.25) is 11.8 Å². The molecule has 0 spiro atoms. The van der Waals surface area contributed by atoms with Crippen molar-refractivity contribution in [2.24, 2.45) is 11.8 Å². The third-order valence-corrected chi connectivity index (χ3v) is 4.57. The first kappa shape index (κ1) is 15.6. The van der Waals surface area contributed by atoms with Gasteiger partial charge in [-0.1, -0.05) is 0 Å². The van der Waals surface area contributed by atoms with Crippen molar-refractivity contribution < 1.29 is 23.9 Å². The highest BCUT2D eigenvalue weighted by molar-refractivity contribution is 5.89. The van der Waals surface area contributed by atoms with Crippen molar-refractivity contribution in [3.63, 3.8) is 0 Å². The smallest absolute Gasteiger partial charge is 0.308 e. The lowest BCUT2D eigenvalue weighted by Crippen LogP contribution is -2.45. The third kappa shape index (κ3) is 3.38. The molecule has 2 aliphatic heterocycles. The van der Waals surface area contributed by atoms with Crippen molar-refractivity contribution >= 4 is 17.8 Å². The standard InChI is InChI=1S/C16H20N2O5/c19-14-7-12(9-18(14)10-13-4-2-6-23-13)15(20)17-5-1-3-11(8-17)16(21)22/h2,4,6,11-12H,1,3,5,7-10H2,(H,21,22)/t11-,12?/m0/s1.